The van der Waals surface area contributed by atoms with Crippen molar-refractivity contribution >= 4 is 27.8 Å². The zero-order valence-corrected chi connectivity index (χ0v) is 20.7. The number of hydrogen-bond donors (Lipinski definition) is 1. The summed E-state index contributed by atoms with van der Waals surface area (Å²) >= 11 is 0. The maximum atomic E-state index is 4.46. The Hall–Kier alpha value is -2.83. The van der Waals surface area contributed by atoms with E-state index < -0.39 is 0 Å². The quantitative estimate of drug-likeness (QED) is 0.574. The van der Waals surface area contributed by atoms with Crippen LogP contribution in [0.3, 0.4) is 0 Å². The van der Waals surface area contributed by atoms with Gasteiger partial charge in [0, 0.05) is 99.1 Å². The lowest BCUT2D eigenvalue weighted by atomic mass is 10.1. The molecule has 0 radical (unpaired) electrons. The Balaban J connectivity index is 1.33. The summed E-state index contributed by atoms with van der Waals surface area (Å²) < 4.78 is 0. The molecule has 6 nitrogen and oxygen atoms in total. The van der Waals surface area contributed by atoms with Crippen LogP contribution >= 0.6 is 0 Å². The fourth-order valence-corrected chi connectivity index (χ4v) is 5.34. The Morgan fingerprint density at radius 3 is 2.32 bits per heavy atom. The van der Waals surface area contributed by atoms with Gasteiger partial charge in [-0.15, -0.1) is 0 Å². The van der Waals surface area contributed by atoms with Crippen molar-refractivity contribution < 1.29 is 0 Å². The van der Waals surface area contributed by atoms with E-state index in [4.69, 9.17) is 0 Å². The topological polar surface area (TPSA) is 37.9 Å². The molecule has 180 valence electrons. The lowest BCUT2D eigenvalue weighted by Crippen LogP contribution is -2.46. The highest BCUT2D eigenvalue weighted by Crippen LogP contribution is 2.33. The van der Waals surface area contributed by atoms with Crippen molar-refractivity contribution in [2.24, 2.45) is 0 Å². The first-order valence-electron chi connectivity index (χ1n) is 12.8. The molecule has 1 N–H and O–H groups in total. The fourth-order valence-electron chi connectivity index (χ4n) is 5.34. The van der Waals surface area contributed by atoms with E-state index in [0.717, 1.165) is 64.6 Å². The van der Waals surface area contributed by atoms with E-state index in [1.54, 1.807) is 0 Å². The molecule has 0 atom stereocenters. The molecule has 3 aromatic rings. The van der Waals surface area contributed by atoms with E-state index in [9.17, 15) is 0 Å². The van der Waals surface area contributed by atoms with Crippen LogP contribution in [0.1, 0.15) is 18.9 Å². The second kappa shape index (κ2) is 10.6. The van der Waals surface area contributed by atoms with Gasteiger partial charge in [-0.25, -0.2) is 0 Å². The predicted molar refractivity (Wildman–Crippen MR) is 144 cm³/mol. The Bertz CT molecular complexity index is 1080. The Kier molecular flexibility index (Phi) is 7.16. The van der Waals surface area contributed by atoms with Crippen molar-refractivity contribution in [1.82, 2.24) is 14.8 Å². The number of nitrogens with one attached hydrogen (secondary N) is 1. The van der Waals surface area contributed by atoms with Gasteiger partial charge in [-0.2, -0.15) is 0 Å². The molecule has 34 heavy (non-hydrogen) atoms. The average molecular weight is 459 g/mol. The van der Waals surface area contributed by atoms with Crippen LogP contribution in [0.25, 0.3) is 10.8 Å². The van der Waals surface area contributed by atoms with Crippen LogP contribution in [0, 0.1) is 0 Å². The van der Waals surface area contributed by atoms with Crippen LogP contribution in [0.2, 0.25) is 0 Å². The van der Waals surface area contributed by atoms with Gasteiger partial charge in [-0.3, -0.25) is 9.88 Å². The molecule has 6 heteroatoms. The SMILES string of the molecule is CCCN1CCN(c2ccccc2CNc2ccc(N3CCN(C)CC3)c3ccncc23)CC1. The van der Waals surface area contributed by atoms with E-state index in [1.807, 2.05) is 12.4 Å². The Morgan fingerprint density at radius 1 is 0.794 bits per heavy atom. The number of rotatable bonds is 7. The number of hydrogen-bond acceptors (Lipinski definition) is 6. The van der Waals surface area contributed by atoms with Gasteiger partial charge in [0.25, 0.3) is 0 Å². The van der Waals surface area contributed by atoms with E-state index in [0.29, 0.717) is 0 Å². The minimum Gasteiger partial charge on any atom is -0.380 e. The van der Waals surface area contributed by atoms with Gasteiger partial charge in [0.2, 0.25) is 0 Å². The van der Waals surface area contributed by atoms with Gasteiger partial charge in [0.05, 0.1) is 0 Å². The number of fused-ring (bicyclic) bond motifs is 1. The summed E-state index contributed by atoms with van der Waals surface area (Å²) in [7, 11) is 2.20. The first kappa shape index (κ1) is 22.9. The van der Waals surface area contributed by atoms with Crippen LogP contribution in [-0.2, 0) is 6.54 Å². The molecule has 3 heterocycles. The standard InChI is InChI=1S/C28H38N6/c1-3-12-32-15-19-33(20-16-32)27-7-5-4-6-23(27)21-30-26-8-9-28(24-10-11-29-22-25(24)26)34-17-13-31(2)14-18-34/h4-11,22,30H,3,12-21H2,1-2H3. The summed E-state index contributed by atoms with van der Waals surface area (Å²) in [6.07, 6.45) is 5.16. The Labute approximate surface area is 204 Å². The van der Waals surface area contributed by atoms with Crippen LogP contribution in [-0.4, -0.2) is 80.7 Å². The van der Waals surface area contributed by atoms with Crippen LogP contribution in [0.15, 0.2) is 54.9 Å². The largest absolute Gasteiger partial charge is 0.380 e. The smallest absolute Gasteiger partial charge is 0.0449 e. The molecule has 0 bridgehead atoms. The van der Waals surface area contributed by atoms with Crippen molar-refractivity contribution in [1.29, 1.82) is 0 Å². The van der Waals surface area contributed by atoms with Gasteiger partial charge >= 0.3 is 0 Å². The van der Waals surface area contributed by atoms with E-state index in [2.05, 4.69) is 86.3 Å². The molecular formula is C28H38N6. The van der Waals surface area contributed by atoms with Gasteiger partial charge in [-0.1, -0.05) is 25.1 Å². The van der Waals surface area contributed by atoms with Gasteiger partial charge in [0.15, 0.2) is 0 Å². The highest BCUT2D eigenvalue weighted by atomic mass is 15.3. The third-order valence-corrected chi connectivity index (χ3v) is 7.35. The van der Waals surface area contributed by atoms with Crippen LogP contribution in [0.4, 0.5) is 17.1 Å². The van der Waals surface area contributed by atoms with Crippen molar-refractivity contribution in [3.63, 3.8) is 0 Å². The molecule has 0 amide bonds. The van der Waals surface area contributed by atoms with Crippen LogP contribution in [0.5, 0.6) is 0 Å². The molecule has 5 rings (SSSR count). The maximum absolute atomic E-state index is 4.46. The molecule has 2 aliphatic rings. The lowest BCUT2D eigenvalue weighted by molar-refractivity contribution is 0.258. The van der Waals surface area contributed by atoms with Crippen molar-refractivity contribution in [2.45, 2.75) is 19.9 Å². The third kappa shape index (κ3) is 4.98. The van der Waals surface area contributed by atoms with Crippen molar-refractivity contribution in [3.8, 4) is 0 Å². The average Bonchev–Trinajstić information content (AvgIpc) is 2.89. The number of benzene rings is 2. The molecule has 0 unspecified atom stereocenters. The number of anilines is 3. The van der Waals surface area contributed by atoms with Crippen LogP contribution < -0.4 is 15.1 Å². The number of piperazine rings is 2. The van der Waals surface area contributed by atoms with E-state index >= 15 is 0 Å². The second-order valence-corrected chi connectivity index (χ2v) is 9.65. The lowest BCUT2D eigenvalue weighted by Gasteiger charge is -2.37. The second-order valence-electron chi connectivity index (χ2n) is 9.65. The first-order chi connectivity index (χ1) is 16.7. The molecule has 0 saturated carbocycles. The predicted octanol–water partition coefficient (Wildman–Crippen LogP) is 4.13. The summed E-state index contributed by atoms with van der Waals surface area (Å²) in [6, 6.07) is 15.6. The summed E-state index contributed by atoms with van der Waals surface area (Å²) in [5.41, 5.74) is 5.19. The number of pyridine rings is 1. The normalized spacial score (nSPS) is 17.9. The minimum atomic E-state index is 0.809. The summed E-state index contributed by atoms with van der Waals surface area (Å²) in [4.78, 5) is 14.5. The molecular weight excluding hydrogens is 420 g/mol. The monoisotopic (exact) mass is 458 g/mol. The zero-order valence-electron chi connectivity index (χ0n) is 20.7. The first-order valence-corrected chi connectivity index (χ1v) is 12.8. The summed E-state index contributed by atoms with van der Waals surface area (Å²) in [5, 5.41) is 6.23. The van der Waals surface area contributed by atoms with Crippen molar-refractivity contribution in [2.75, 3.05) is 81.1 Å². The number of likely N-dealkylation sites (N-methyl/N-ethyl adjacent to an activating group) is 1. The summed E-state index contributed by atoms with van der Waals surface area (Å²) in [6.45, 7) is 13.1. The maximum Gasteiger partial charge on any atom is 0.0449 e. The molecule has 2 fully saturated rings. The van der Waals surface area contributed by atoms with Gasteiger partial charge in [-0.05, 0) is 49.8 Å². The highest BCUT2D eigenvalue weighted by Gasteiger charge is 2.20. The van der Waals surface area contributed by atoms with Gasteiger partial charge in [0.1, 0.15) is 0 Å². The molecule has 2 saturated heterocycles. The molecule has 0 aliphatic carbocycles. The van der Waals surface area contributed by atoms with Crippen molar-refractivity contribution in [3.05, 3.63) is 60.4 Å². The minimum absolute atomic E-state index is 0.809. The molecule has 0 spiro atoms. The van der Waals surface area contributed by atoms with E-state index in [-0.39, 0.29) is 0 Å². The third-order valence-electron chi connectivity index (χ3n) is 7.35. The number of nitrogens with zero attached hydrogens (tertiary/aromatic N) is 5. The molecule has 2 aromatic carbocycles. The van der Waals surface area contributed by atoms with E-state index in [1.165, 1.54) is 40.7 Å². The summed E-state index contributed by atoms with van der Waals surface area (Å²) in [5.74, 6) is 0. The number of para-hydroxylation sites is 1. The molecule has 2 aliphatic heterocycles. The molecule has 1 aromatic heterocycles. The zero-order chi connectivity index (χ0) is 23.3. The Morgan fingerprint density at radius 2 is 1.53 bits per heavy atom. The number of aromatic nitrogens is 1. The highest BCUT2D eigenvalue weighted by molar-refractivity contribution is 6.01. The van der Waals surface area contributed by atoms with Gasteiger partial charge < -0.3 is 20.0 Å². The fraction of sp³-hybridized carbons (Fsp3) is 0.464.